The second-order valence-corrected chi connectivity index (χ2v) is 9.80. The molecule has 9 heteroatoms. The van der Waals surface area contributed by atoms with Gasteiger partial charge >= 0.3 is 0 Å². The Balaban J connectivity index is 1.65. The van der Waals surface area contributed by atoms with Gasteiger partial charge < -0.3 is 5.32 Å². The fourth-order valence-corrected chi connectivity index (χ4v) is 5.71. The van der Waals surface area contributed by atoms with Crippen LogP contribution in [0.4, 0.5) is 10.1 Å². The molecule has 2 heterocycles. The molecule has 30 heavy (non-hydrogen) atoms. The van der Waals surface area contributed by atoms with Gasteiger partial charge in [-0.15, -0.1) is 11.3 Å². The molecule has 1 aliphatic rings. The van der Waals surface area contributed by atoms with Gasteiger partial charge in [0.1, 0.15) is 10.7 Å². The fourth-order valence-electron chi connectivity index (χ4n) is 3.08. The Hall–Kier alpha value is -2.68. The van der Waals surface area contributed by atoms with Crippen LogP contribution in [0.1, 0.15) is 20.8 Å². The molecule has 0 unspecified atom stereocenters. The molecular weight excluding hydrogens is 447 g/mol. The van der Waals surface area contributed by atoms with E-state index in [-0.39, 0.29) is 23.8 Å². The first-order valence-electron chi connectivity index (χ1n) is 8.93. The SMILES string of the molecule is O=C1/C(=C/NCc2ccc(F)cc2)S(=O)(=O)N(Cc2ccc(Cl)cc2)c2ccsc21. The molecule has 0 saturated carbocycles. The van der Waals surface area contributed by atoms with Crippen molar-refractivity contribution in [3.05, 3.63) is 97.9 Å². The highest BCUT2D eigenvalue weighted by Gasteiger charge is 2.41. The van der Waals surface area contributed by atoms with Crippen LogP contribution < -0.4 is 9.62 Å². The third kappa shape index (κ3) is 3.98. The molecule has 0 amide bonds. The van der Waals surface area contributed by atoms with Crippen LogP contribution >= 0.6 is 22.9 Å². The number of sulfonamides is 1. The van der Waals surface area contributed by atoms with Crippen LogP contribution in [-0.4, -0.2) is 14.2 Å². The lowest BCUT2D eigenvalue weighted by atomic mass is 10.2. The zero-order valence-electron chi connectivity index (χ0n) is 15.5. The largest absolute Gasteiger partial charge is 0.386 e. The van der Waals surface area contributed by atoms with Crippen LogP contribution in [0.3, 0.4) is 0 Å². The van der Waals surface area contributed by atoms with E-state index >= 15 is 0 Å². The number of hydrogen-bond acceptors (Lipinski definition) is 5. The molecule has 4 rings (SSSR count). The van der Waals surface area contributed by atoms with Crippen molar-refractivity contribution in [2.45, 2.75) is 13.1 Å². The second-order valence-electron chi connectivity index (χ2n) is 6.62. The molecule has 0 atom stereocenters. The molecule has 1 aliphatic heterocycles. The summed E-state index contributed by atoms with van der Waals surface area (Å²) in [5, 5.41) is 5.12. The number of carbonyl (C=O) groups is 1. The Labute approximate surface area is 182 Å². The molecule has 0 radical (unpaired) electrons. The molecule has 0 saturated heterocycles. The monoisotopic (exact) mass is 462 g/mol. The van der Waals surface area contributed by atoms with Crippen molar-refractivity contribution >= 4 is 44.4 Å². The van der Waals surface area contributed by atoms with Crippen molar-refractivity contribution in [3.8, 4) is 0 Å². The van der Waals surface area contributed by atoms with Crippen molar-refractivity contribution in [1.82, 2.24) is 5.32 Å². The maximum absolute atomic E-state index is 13.3. The molecule has 0 bridgehead atoms. The number of hydrogen-bond donors (Lipinski definition) is 1. The number of allylic oxidation sites excluding steroid dienone is 1. The summed E-state index contributed by atoms with van der Waals surface area (Å²) >= 11 is 7.12. The Morgan fingerprint density at radius 1 is 1.03 bits per heavy atom. The molecule has 2 aromatic carbocycles. The molecular formula is C21H16ClFN2O3S2. The Morgan fingerprint density at radius 2 is 1.70 bits per heavy atom. The lowest BCUT2D eigenvalue weighted by Gasteiger charge is -2.29. The molecule has 5 nitrogen and oxygen atoms in total. The Morgan fingerprint density at radius 3 is 2.40 bits per heavy atom. The summed E-state index contributed by atoms with van der Waals surface area (Å²) in [4.78, 5) is 12.9. The number of carbonyl (C=O) groups excluding carboxylic acids is 1. The zero-order valence-corrected chi connectivity index (χ0v) is 17.9. The Bertz CT molecular complexity index is 1220. The summed E-state index contributed by atoms with van der Waals surface area (Å²) in [6.45, 7) is 0.326. The van der Waals surface area contributed by atoms with Gasteiger partial charge in [0.05, 0.1) is 12.2 Å². The highest BCUT2D eigenvalue weighted by atomic mass is 35.5. The van der Waals surface area contributed by atoms with Crippen LogP contribution in [-0.2, 0) is 23.1 Å². The number of Topliss-reactive ketones (excluding diaryl/α,β-unsaturated/α-hetero) is 1. The molecule has 0 spiro atoms. The van der Waals surface area contributed by atoms with Gasteiger partial charge in [-0.25, -0.2) is 12.8 Å². The van der Waals surface area contributed by atoms with Crippen molar-refractivity contribution in [2.75, 3.05) is 4.31 Å². The van der Waals surface area contributed by atoms with Crippen molar-refractivity contribution in [2.24, 2.45) is 0 Å². The van der Waals surface area contributed by atoms with Crippen LogP contribution in [0.25, 0.3) is 0 Å². The number of nitrogens with one attached hydrogen (secondary N) is 1. The van der Waals surface area contributed by atoms with Gasteiger partial charge in [-0.05, 0) is 46.8 Å². The van der Waals surface area contributed by atoms with Crippen molar-refractivity contribution in [3.63, 3.8) is 0 Å². The summed E-state index contributed by atoms with van der Waals surface area (Å²) in [6, 6.07) is 14.3. The van der Waals surface area contributed by atoms with Crippen LogP contribution in [0.2, 0.25) is 5.02 Å². The second kappa shape index (κ2) is 8.22. The summed E-state index contributed by atoms with van der Waals surface area (Å²) in [5.74, 6) is -0.899. The first-order chi connectivity index (χ1) is 14.4. The molecule has 1 aromatic heterocycles. The van der Waals surface area contributed by atoms with Gasteiger partial charge in [0.25, 0.3) is 10.0 Å². The van der Waals surface area contributed by atoms with Gasteiger partial charge in [0.15, 0.2) is 4.91 Å². The first kappa shape index (κ1) is 20.6. The number of fused-ring (bicyclic) bond motifs is 1. The topological polar surface area (TPSA) is 66.5 Å². The first-order valence-corrected chi connectivity index (χ1v) is 11.6. The summed E-state index contributed by atoms with van der Waals surface area (Å²) in [5.41, 5.74) is 1.87. The predicted molar refractivity (Wildman–Crippen MR) is 117 cm³/mol. The zero-order chi connectivity index (χ0) is 21.3. The molecule has 0 fully saturated rings. The van der Waals surface area contributed by atoms with Crippen LogP contribution in [0, 0.1) is 5.82 Å². The minimum atomic E-state index is -4.07. The third-order valence-corrected chi connectivity index (χ3v) is 7.52. The maximum atomic E-state index is 13.3. The van der Waals surface area contributed by atoms with E-state index in [2.05, 4.69) is 5.32 Å². The van der Waals surface area contributed by atoms with Crippen molar-refractivity contribution in [1.29, 1.82) is 0 Å². The minimum Gasteiger partial charge on any atom is -0.386 e. The highest BCUT2D eigenvalue weighted by Crippen LogP contribution is 2.39. The predicted octanol–water partition coefficient (Wildman–Crippen LogP) is 4.70. The van der Waals surface area contributed by atoms with Gasteiger partial charge in [-0.2, -0.15) is 0 Å². The average molecular weight is 463 g/mol. The number of nitrogens with zero attached hydrogens (tertiary/aromatic N) is 1. The summed E-state index contributed by atoms with van der Waals surface area (Å²) < 4.78 is 40.8. The van der Waals surface area contributed by atoms with E-state index < -0.39 is 15.8 Å². The quantitative estimate of drug-likeness (QED) is 0.558. The minimum absolute atomic E-state index is 0.0752. The number of thiophene rings is 1. The van der Waals surface area contributed by atoms with Crippen LogP contribution in [0.15, 0.2) is 71.1 Å². The average Bonchev–Trinajstić information content (AvgIpc) is 3.20. The van der Waals surface area contributed by atoms with E-state index in [1.165, 1.54) is 34.0 Å². The number of halogens is 2. The summed E-state index contributed by atoms with van der Waals surface area (Å²) in [6.07, 6.45) is 1.22. The van der Waals surface area contributed by atoms with Gasteiger partial charge in [0, 0.05) is 17.8 Å². The van der Waals surface area contributed by atoms with E-state index in [1.807, 2.05) is 0 Å². The highest BCUT2D eigenvalue weighted by molar-refractivity contribution is 7.97. The number of ketones is 1. The molecule has 154 valence electrons. The normalized spacial score (nSPS) is 16.5. The lowest BCUT2D eigenvalue weighted by Crippen LogP contribution is -2.38. The third-order valence-electron chi connectivity index (χ3n) is 4.60. The van der Waals surface area contributed by atoms with Gasteiger partial charge in [-0.1, -0.05) is 35.9 Å². The fraction of sp³-hybridized carbons (Fsp3) is 0.0952. The van der Waals surface area contributed by atoms with E-state index in [1.54, 1.807) is 47.8 Å². The number of anilines is 1. The summed E-state index contributed by atoms with van der Waals surface area (Å²) in [7, 11) is -4.07. The van der Waals surface area contributed by atoms with E-state index in [9.17, 15) is 17.6 Å². The smallest absolute Gasteiger partial charge is 0.270 e. The molecule has 0 aliphatic carbocycles. The Kier molecular flexibility index (Phi) is 5.64. The molecule has 1 N–H and O–H groups in total. The maximum Gasteiger partial charge on any atom is 0.270 e. The number of rotatable bonds is 5. The van der Waals surface area contributed by atoms with Gasteiger partial charge in [-0.3, -0.25) is 9.10 Å². The van der Waals surface area contributed by atoms with E-state index in [4.69, 9.17) is 11.6 Å². The van der Waals surface area contributed by atoms with Crippen molar-refractivity contribution < 1.29 is 17.6 Å². The van der Waals surface area contributed by atoms with E-state index in [0.29, 0.717) is 15.6 Å². The van der Waals surface area contributed by atoms with Crippen LogP contribution in [0.5, 0.6) is 0 Å². The number of benzene rings is 2. The standard InChI is InChI=1S/C21H16ClFN2O3S2/c22-16-5-1-15(2-6-16)13-25-18-9-10-29-21(18)20(26)19(30(25,27)28)12-24-11-14-3-7-17(23)8-4-14/h1-10,12,24H,11,13H2/b19-12-. The molecule has 3 aromatic rings. The van der Waals surface area contributed by atoms with Gasteiger partial charge in [0.2, 0.25) is 5.78 Å². The van der Waals surface area contributed by atoms with E-state index in [0.717, 1.165) is 11.1 Å². The lowest BCUT2D eigenvalue weighted by molar-refractivity contribution is 0.104.